The number of amides is 2. The lowest BCUT2D eigenvalue weighted by atomic mass is 10.1. The zero-order valence-electron chi connectivity index (χ0n) is 13.7. The Morgan fingerprint density at radius 3 is 2.67 bits per heavy atom. The fourth-order valence-electron chi connectivity index (χ4n) is 2.46. The van der Waals surface area contributed by atoms with E-state index < -0.39 is 0 Å². The maximum Gasteiger partial charge on any atom is 0.319 e. The van der Waals surface area contributed by atoms with E-state index in [0.717, 1.165) is 22.8 Å². The number of imidazole rings is 1. The van der Waals surface area contributed by atoms with Crippen LogP contribution in [0, 0.1) is 0 Å². The molecular weight excluding hydrogens is 304 g/mol. The fraction of sp³-hybridized carbons (Fsp3) is 0.235. The molecule has 1 aromatic carbocycles. The van der Waals surface area contributed by atoms with Gasteiger partial charge < -0.3 is 15.2 Å². The average molecular weight is 324 g/mol. The normalized spacial score (nSPS) is 11.9. The zero-order valence-corrected chi connectivity index (χ0v) is 13.7. The van der Waals surface area contributed by atoms with Crippen molar-refractivity contribution < 1.29 is 4.79 Å². The minimum absolute atomic E-state index is 0.0182. The molecule has 2 aromatic heterocycles. The molecule has 3 N–H and O–H groups in total. The van der Waals surface area contributed by atoms with E-state index in [4.69, 9.17) is 0 Å². The van der Waals surface area contributed by atoms with Gasteiger partial charge in [0, 0.05) is 43.8 Å². The number of hydrogen-bond donors (Lipinski definition) is 3. The van der Waals surface area contributed by atoms with Crippen molar-refractivity contribution >= 4 is 11.7 Å². The molecule has 7 nitrogen and oxygen atoms in total. The van der Waals surface area contributed by atoms with Crippen molar-refractivity contribution in [2.24, 2.45) is 7.05 Å². The smallest absolute Gasteiger partial charge is 0.319 e. The molecule has 0 aliphatic rings. The number of hydrogen-bond acceptors (Lipinski definition) is 3. The largest absolute Gasteiger partial charge is 0.338 e. The second-order valence-corrected chi connectivity index (χ2v) is 5.71. The van der Waals surface area contributed by atoms with Crippen molar-refractivity contribution in [1.29, 1.82) is 0 Å². The number of nitrogens with one attached hydrogen (secondary N) is 3. The molecule has 0 saturated carbocycles. The van der Waals surface area contributed by atoms with E-state index in [1.807, 2.05) is 55.1 Å². The van der Waals surface area contributed by atoms with Gasteiger partial charge in [-0.1, -0.05) is 12.1 Å². The molecular formula is C17H20N6O. The predicted octanol–water partition coefficient (Wildman–Crippen LogP) is 2.56. The third-order valence-corrected chi connectivity index (χ3v) is 3.74. The SMILES string of the molecule is CC(Cc1nccn1C)NC(=O)Nc1ccc(-c2ccn[nH]2)cc1. The highest BCUT2D eigenvalue weighted by atomic mass is 16.2. The number of urea groups is 1. The third kappa shape index (κ3) is 3.81. The molecule has 0 spiro atoms. The number of carbonyl (C=O) groups excluding carboxylic acids is 1. The minimum atomic E-state index is -0.231. The summed E-state index contributed by atoms with van der Waals surface area (Å²) in [5.41, 5.74) is 2.69. The molecule has 0 aliphatic carbocycles. The summed E-state index contributed by atoms with van der Waals surface area (Å²) < 4.78 is 1.95. The zero-order chi connectivity index (χ0) is 16.9. The topological polar surface area (TPSA) is 87.6 Å². The van der Waals surface area contributed by atoms with Gasteiger partial charge in [-0.25, -0.2) is 9.78 Å². The van der Waals surface area contributed by atoms with E-state index in [9.17, 15) is 4.79 Å². The monoisotopic (exact) mass is 324 g/mol. The van der Waals surface area contributed by atoms with Gasteiger partial charge in [0.25, 0.3) is 0 Å². The summed E-state index contributed by atoms with van der Waals surface area (Å²) >= 11 is 0. The van der Waals surface area contributed by atoms with Crippen molar-refractivity contribution in [3.8, 4) is 11.3 Å². The molecule has 124 valence electrons. The molecule has 0 saturated heterocycles. The minimum Gasteiger partial charge on any atom is -0.338 e. The van der Waals surface area contributed by atoms with E-state index in [1.54, 1.807) is 12.4 Å². The summed E-state index contributed by atoms with van der Waals surface area (Å²) in [5.74, 6) is 0.937. The number of aryl methyl sites for hydroxylation is 1. The van der Waals surface area contributed by atoms with Crippen molar-refractivity contribution in [1.82, 2.24) is 25.1 Å². The molecule has 0 bridgehead atoms. The quantitative estimate of drug-likeness (QED) is 0.674. The molecule has 0 radical (unpaired) electrons. The highest BCUT2D eigenvalue weighted by Gasteiger charge is 2.11. The van der Waals surface area contributed by atoms with E-state index in [2.05, 4.69) is 25.8 Å². The first-order chi connectivity index (χ1) is 11.6. The summed E-state index contributed by atoms with van der Waals surface area (Å²) in [4.78, 5) is 16.3. The number of rotatable bonds is 5. The summed E-state index contributed by atoms with van der Waals surface area (Å²) in [5, 5.41) is 12.6. The van der Waals surface area contributed by atoms with Crippen molar-refractivity contribution in [2.75, 3.05) is 5.32 Å². The van der Waals surface area contributed by atoms with Crippen LogP contribution in [0.2, 0.25) is 0 Å². The maximum absolute atomic E-state index is 12.1. The fourth-order valence-corrected chi connectivity index (χ4v) is 2.46. The first-order valence-corrected chi connectivity index (χ1v) is 7.75. The van der Waals surface area contributed by atoms with E-state index in [1.165, 1.54) is 0 Å². The third-order valence-electron chi connectivity index (χ3n) is 3.74. The average Bonchev–Trinajstić information content (AvgIpc) is 3.20. The van der Waals surface area contributed by atoms with Crippen LogP contribution in [0.1, 0.15) is 12.7 Å². The Kier molecular flexibility index (Phi) is 4.60. The first kappa shape index (κ1) is 15.8. The molecule has 7 heteroatoms. The van der Waals surface area contributed by atoms with E-state index >= 15 is 0 Å². The van der Waals surface area contributed by atoms with Gasteiger partial charge in [-0.05, 0) is 30.7 Å². The van der Waals surface area contributed by atoms with Crippen LogP contribution in [0.5, 0.6) is 0 Å². The highest BCUT2D eigenvalue weighted by molar-refractivity contribution is 5.89. The number of aromatic amines is 1. The van der Waals surface area contributed by atoms with E-state index in [0.29, 0.717) is 6.42 Å². The van der Waals surface area contributed by atoms with Gasteiger partial charge in [0.1, 0.15) is 5.82 Å². The van der Waals surface area contributed by atoms with Crippen molar-refractivity contribution in [3.05, 3.63) is 54.7 Å². The first-order valence-electron chi connectivity index (χ1n) is 7.75. The van der Waals surface area contributed by atoms with E-state index in [-0.39, 0.29) is 12.1 Å². The van der Waals surface area contributed by atoms with Gasteiger partial charge in [-0.15, -0.1) is 0 Å². The highest BCUT2D eigenvalue weighted by Crippen LogP contribution is 2.18. The maximum atomic E-state index is 12.1. The Labute approximate surface area is 140 Å². The predicted molar refractivity (Wildman–Crippen MR) is 92.6 cm³/mol. The van der Waals surface area contributed by atoms with Gasteiger partial charge in [-0.2, -0.15) is 5.10 Å². The molecule has 0 aliphatic heterocycles. The summed E-state index contributed by atoms with van der Waals surface area (Å²) in [6.45, 7) is 1.95. The number of H-pyrrole nitrogens is 1. The number of aromatic nitrogens is 4. The lowest BCUT2D eigenvalue weighted by Gasteiger charge is -2.14. The van der Waals surface area contributed by atoms with Gasteiger partial charge in [0.15, 0.2) is 0 Å². The van der Waals surface area contributed by atoms with Crippen LogP contribution in [0.3, 0.4) is 0 Å². The van der Waals surface area contributed by atoms with Crippen LogP contribution in [0.15, 0.2) is 48.9 Å². The number of carbonyl (C=O) groups is 1. The van der Waals surface area contributed by atoms with Gasteiger partial charge in [-0.3, -0.25) is 5.10 Å². The molecule has 0 fully saturated rings. The Balaban J connectivity index is 1.54. The number of nitrogens with zero attached hydrogens (tertiary/aromatic N) is 3. The van der Waals surface area contributed by atoms with Gasteiger partial charge in [0.2, 0.25) is 0 Å². The van der Waals surface area contributed by atoms with Crippen LogP contribution in [-0.4, -0.2) is 31.8 Å². The van der Waals surface area contributed by atoms with Gasteiger partial charge in [0.05, 0.1) is 5.69 Å². The Hall–Kier alpha value is -3.09. The van der Waals surface area contributed by atoms with Crippen LogP contribution in [0.25, 0.3) is 11.3 Å². The lowest BCUT2D eigenvalue weighted by Crippen LogP contribution is -2.37. The standard InChI is InChI=1S/C17H20N6O/c1-12(11-16-18-9-10-23(16)2)20-17(24)21-14-5-3-13(4-6-14)15-7-8-19-22-15/h3-10,12H,11H2,1-2H3,(H,19,22)(H2,20,21,24). The second-order valence-electron chi connectivity index (χ2n) is 5.71. The second kappa shape index (κ2) is 6.99. The Bertz CT molecular complexity index is 791. The number of anilines is 1. The van der Waals surface area contributed by atoms with Crippen molar-refractivity contribution in [2.45, 2.75) is 19.4 Å². The summed E-state index contributed by atoms with van der Waals surface area (Å²) in [7, 11) is 1.94. The number of benzene rings is 1. The van der Waals surface area contributed by atoms with Crippen molar-refractivity contribution in [3.63, 3.8) is 0 Å². The van der Waals surface area contributed by atoms with Crippen LogP contribution >= 0.6 is 0 Å². The summed E-state index contributed by atoms with van der Waals surface area (Å²) in [6.07, 6.45) is 6.03. The molecule has 2 heterocycles. The summed E-state index contributed by atoms with van der Waals surface area (Å²) in [6, 6.07) is 9.23. The molecule has 24 heavy (non-hydrogen) atoms. The van der Waals surface area contributed by atoms with Crippen LogP contribution in [-0.2, 0) is 13.5 Å². The molecule has 3 rings (SSSR count). The van der Waals surface area contributed by atoms with Crippen LogP contribution in [0.4, 0.5) is 10.5 Å². The molecule has 1 atom stereocenters. The lowest BCUT2D eigenvalue weighted by molar-refractivity contribution is 0.249. The molecule has 1 unspecified atom stereocenters. The Morgan fingerprint density at radius 2 is 2.04 bits per heavy atom. The van der Waals surface area contributed by atoms with Gasteiger partial charge >= 0.3 is 6.03 Å². The molecule has 2 amide bonds. The molecule has 3 aromatic rings. The Morgan fingerprint density at radius 1 is 1.25 bits per heavy atom. The van der Waals surface area contributed by atoms with Crippen LogP contribution < -0.4 is 10.6 Å².